The highest BCUT2D eigenvalue weighted by Crippen LogP contribution is 2.41. The Labute approximate surface area is 153 Å². The largest absolute Gasteiger partial charge is 0.342 e. The molecule has 2 aliphatic heterocycles. The van der Waals surface area contributed by atoms with Gasteiger partial charge in [-0.15, -0.1) is 0 Å². The molecule has 0 aromatic heterocycles. The summed E-state index contributed by atoms with van der Waals surface area (Å²) in [6, 6.07) is 0. The van der Waals surface area contributed by atoms with Gasteiger partial charge in [-0.05, 0) is 38.0 Å². The summed E-state index contributed by atoms with van der Waals surface area (Å²) in [5.74, 6) is 1.20. The van der Waals surface area contributed by atoms with E-state index in [9.17, 15) is 13.2 Å². The van der Waals surface area contributed by atoms with E-state index in [1.807, 2.05) is 11.8 Å². The van der Waals surface area contributed by atoms with E-state index < -0.39 is 15.4 Å². The Hall–Kier alpha value is -0.620. The predicted octanol–water partition coefficient (Wildman–Crippen LogP) is 3.01. The molecule has 1 spiro atoms. The Morgan fingerprint density at radius 2 is 1.84 bits per heavy atom. The fourth-order valence-corrected chi connectivity index (χ4v) is 6.60. The number of hydrogen-bond acceptors (Lipinski definition) is 3. The van der Waals surface area contributed by atoms with Crippen LogP contribution in [0.25, 0.3) is 0 Å². The SMILES string of the molecule is CCCS(=O)(=O)N1CC[C@]2(CCCN(CCC3CCCCC3)C2=O)C1. The maximum absolute atomic E-state index is 13.2. The first-order valence-electron chi connectivity index (χ1n) is 10.2. The van der Waals surface area contributed by atoms with Crippen LogP contribution in [0.15, 0.2) is 0 Å². The number of nitrogens with zero attached hydrogens (tertiary/aromatic N) is 2. The van der Waals surface area contributed by atoms with Crippen LogP contribution in [0.5, 0.6) is 0 Å². The van der Waals surface area contributed by atoms with Crippen molar-refractivity contribution in [3.05, 3.63) is 0 Å². The first kappa shape index (κ1) is 19.2. The normalized spacial score (nSPS) is 29.6. The van der Waals surface area contributed by atoms with Crippen LogP contribution in [0, 0.1) is 11.3 Å². The average Bonchev–Trinajstić information content (AvgIpc) is 3.03. The van der Waals surface area contributed by atoms with Crippen LogP contribution in [0.2, 0.25) is 0 Å². The van der Waals surface area contributed by atoms with Gasteiger partial charge in [-0.25, -0.2) is 12.7 Å². The average molecular weight is 371 g/mol. The highest BCUT2D eigenvalue weighted by Gasteiger charge is 2.50. The molecule has 3 fully saturated rings. The van der Waals surface area contributed by atoms with Crippen molar-refractivity contribution in [2.24, 2.45) is 11.3 Å². The monoisotopic (exact) mass is 370 g/mol. The van der Waals surface area contributed by atoms with Crippen LogP contribution in [-0.4, -0.2) is 55.5 Å². The molecule has 1 aliphatic carbocycles. The van der Waals surface area contributed by atoms with E-state index in [1.54, 1.807) is 4.31 Å². The molecule has 2 heterocycles. The summed E-state index contributed by atoms with van der Waals surface area (Å²) in [6.45, 7) is 4.54. The molecule has 144 valence electrons. The van der Waals surface area contributed by atoms with Crippen LogP contribution in [0.4, 0.5) is 0 Å². The number of sulfonamides is 1. The lowest BCUT2D eigenvalue weighted by molar-refractivity contribution is -0.145. The van der Waals surface area contributed by atoms with Crippen molar-refractivity contribution in [1.82, 2.24) is 9.21 Å². The van der Waals surface area contributed by atoms with Gasteiger partial charge < -0.3 is 4.90 Å². The topological polar surface area (TPSA) is 57.7 Å². The third kappa shape index (κ3) is 4.21. The minimum atomic E-state index is -3.19. The Kier molecular flexibility index (Phi) is 6.09. The molecular weight excluding hydrogens is 336 g/mol. The lowest BCUT2D eigenvalue weighted by Gasteiger charge is -2.40. The van der Waals surface area contributed by atoms with Crippen molar-refractivity contribution >= 4 is 15.9 Å². The van der Waals surface area contributed by atoms with Gasteiger partial charge in [0.25, 0.3) is 0 Å². The van der Waals surface area contributed by atoms with E-state index in [4.69, 9.17) is 0 Å². The predicted molar refractivity (Wildman–Crippen MR) is 99.7 cm³/mol. The zero-order valence-corrected chi connectivity index (χ0v) is 16.5. The molecule has 5 nitrogen and oxygen atoms in total. The lowest BCUT2D eigenvalue weighted by Crippen LogP contribution is -2.50. The molecule has 3 aliphatic rings. The number of amides is 1. The third-order valence-corrected chi connectivity index (χ3v) is 8.55. The number of hydrogen-bond donors (Lipinski definition) is 0. The quantitative estimate of drug-likeness (QED) is 0.722. The minimum absolute atomic E-state index is 0.197. The number of carbonyl (C=O) groups is 1. The van der Waals surface area contributed by atoms with Gasteiger partial charge in [0.15, 0.2) is 0 Å². The molecule has 0 aromatic carbocycles. The van der Waals surface area contributed by atoms with Gasteiger partial charge >= 0.3 is 0 Å². The Bertz CT molecular complexity index is 571. The van der Waals surface area contributed by atoms with Crippen molar-refractivity contribution < 1.29 is 13.2 Å². The number of piperidine rings is 1. The summed E-state index contributed by atoms with van der Waals surface area (Å²) < 4.78 is 26.3. The molecule has 0 bridgehead atoms. The molecule has 0 aromatic rings. The van der Waals surface area contributed by atoms with E-state index >= 15 is 0 Å². The summed E-state index contributed by atoms with van der Waals surface area (Å²) >= 11 is 0. The van der Waals surface area contributed by atoms with Gasteiger partial charge in [0, 0.05) is 26.2 Å². The van der Waals surface area contributed by atoms with Gasteiger partial charge in [-0.3, -0.25) is 4.79 Å². The van der Waals surface area contributed by atoms with Crippen molar-refractivity contribution in [1.29, 1.82) is 0 Å². The van der Waals surface area contributed by atoms with E-state index in [-0.39, 0.29) is 11.7 Å². The van der Waals surface area contributed by atoms with E-state index in [2.05, 4.69) is 0 Å². The maximum atomic E-state index is 13.2. The molecule has 2 saturated heterocycles. The fraction of sp³-hybridized carbons (Fsp3) is 0.947. The van der Waals surface area contributed by atoms with Crippen molar-refractivity contribution in [2.45, 2.75) is 71.1 Å². The van der Waals surface area contributed by atoms with Crippen molar-refractivity contribution in [3.63, 3.8) is 0 Å². The molecule has 3 rings (SSSR count). The second kappa shape index (κ2) is 7.95. The van der Waals surface area contributed by atoms with Crippen molar-refractivity contribution in [2.75, 3.05) is 31.9 Å². The van der Waals surface area contributed by atoms with Crippen LogP contribution in [0.3, 0.4) is 0 Å². The molecule has 1 amide bonds. The minimum Gasteiger partial charge on any atom is -0.342 e. The molecule has 0 radical (unpaired) electrons. The van der Waals surface area contributed by atoms with Gasteiger partial charge in [0.1, 0.15) is 0 Å². The second-order valence-corrected chi connectivity index (χ2v) is 10.5. The summed E-state index contributed by atoms with van der Waals surface area (Å²) in [4.78, 5) is 15.2. The van der Waals surface area contributed by atoms with Gasteiger partial charge in [0.2, 0.25) is 15.9 Å². The summed E-state index contributed by atoms with van der Waals surface area (Å²) in [7, 11) is -3.19. The second-order valence-electron chi connectivity index (χ2n) is 8.37. The van der Waals surface area contributed by atoms with Crippen LogP contribution < -0.4 is 0 Å². The molecule has 0 N–H and O–H groups in total. The summed E-state index contributed by atoms with van der Waals surface area (Å²) in [5, 5.41) is 0. The van der Waals surface area contributed by atoms with Crippen LogP contribution in [0.1, 0.15) is 71.1 Å². The molecule has 25 heavy (non-hydrogen) atoms. The number of likely N-dealkylation sites (tertiary alicyclic amines) is 1. The van der Waals surface area contributed by atoms with E-state index in [1.165, 1.54) is 32.1 Å². The van der Waals surface area contributed by atoms with Gasteiger partial charge in [-0.2, -0.15) is 0 Å². The Morgan fingerprint density at radius 3 is 2.56 bits per heavy atom. The summed E-state index contributed by atoms with van der Waals surface area (Å²) in [5.41, 5.74) is -0.439. The van der Waals surface area contributed by atoms with Crippen molar-refractivity contribution in [3.8, 4) is 0 Å². The first-order chi connectivity index (χ1) is 12.0. The molecule has 1 atom stereocenters. The van der Waals surface area contributed by atoms with Crippen LogP contribution >= 0.6 is 0 Å². The zero-order chi connectivity index (χ0) is 17.9. The van der Waals surface area contributed by atoms with E-state index in [0.717, 1.165) is 38.3 Å². The molecule has 0 unspecified atom stereocenters. The smallest absolute Gasteiger partial charge is 0.230 e. The maximum Gasteiger partial charge on any atom is 0.230 e. The fourth-order valence-electron chi connectivity index (χ4n) is 5.02. The van der Waals surface area contributed by atoms with Gasteiger partial charge in [0.05, 0.1) is 11.2 Å². The Morgan fingerprint density at radius 1 is 1.08 bits per heavy atom. The Balaban J connectivity index is 1.60. The standard InChI is InChI=1S/C19H34N2O3S/c1-2-15-25(23,24)21-14-11-19(16-21)10-6-12-20(18(19)22)13-9-17-7-4-3-5-8-17/h17H,2-16H2,1H3/t19-/m1/s1. The number of carbonyl (C=O) groups excluding carboxylic acids is 1. The molecule has 1 saturated carbocycles. The highest BCUT2D eigenvalue weighted by atomic mass is 32.2. The van der Waals surface area contributed by atoms with E-state index in [0.29, 0.717) is 25.9 Å². The third-order valence-electron chi connectivity index (χ3n) is 6.53. The zero-order valence-electron chi connectivity index (χ0n) is 15.7. The van der Waals surface area contributed by atoms with Gasteiger partial charge in [-0.1, -0.05) is 39.0 Å². The highest BCUT2D eigenvalue weighted by molar-refractivity contribution is 7.89. The molecular formula is C19H34N2O3S. The molecule has 6 heteroatoms. The van der Waals surface area contributed by atoms with Crippen LogP contribution in [-0.2, 0) is 14.8 Å². The first-order valence-corrected chi connectivity index (χ1v) is 11.8. The number of rotatable bonds is 6. The summed E-state index contributed by atoms with van der Waals surface area (Å²) in [6.07, 6.45) is 11.0. The lowest BCUT2D eigenvalue weighted by atomic mass is 9.78.